The summed E-state index contributed by atoms with van der Waals surface area (Å²) in [6, 6.07) is 5.71. The van der Waals surface area contributed by atoms with E-state index in [1.54, 1.807) is 0 Å². The van der Waals surface area contributed by atoms with Gasteiger partial charge < -0.3 is 24.9 Å². The van der Waals surface area contributed by atoms with Crippen molar-refractivity contribution in [3.63, 3.8) is 0 Å². The molecule has 8 heteroatoms. The number of hydrogen-bond acceptors (Lipinski definition) is 5. The van der Waals surface area contributed by atoms with Gasteiger partial charge in [0.2, 0.25) is 0 Å². The number of imidazole rings is 1. The maximum absolute atomic E-state index is 13.5. The van der Waals surface area contributed by atoms with Gasteiger partial charge in [-0.2, -0.15) is 0 Å². The number of piperidine rings is 1. The fourth-order valence-electron chi connectivity index (χ4n) is 5.92. The highest BCUT2D eigenvalue weighted by Crippen LogP contribution is 2.37. The number of unbranched alkanes of at least 4 members (excludes halogenated alkanes) is 1. The van der Waals surface area contributed by atoms with E-state index < -0.39 is 0 Å². The molecule has 1 atom stereocenters. The van der Waals surface area contributed by atoms with E-state index in [9.17, 15) is 9.59 Å². The van der Waals surface area contributed by atoms with Crippen LogP contribution in [0.1, 0.15) is 103 Å². The molecule has 3 heterocycles. The number of fused-ring (bicyclic) bond motifs is 2. The van der Waals surface area contributed by atoms with Crippen LogP contribution in [0.4, 0.5) is 0 Å². The molecule has 0 saturated carbocycles. The molecule has 1 saturated heterocycles. The highest BCUT2D eigenvalue weighted by atomic mass is 16.5. The second-order valence-electron chi connectivity index (χ2n) is 12.0. The zero-order valence-electron chi connectivity index (χ0n) is 23.4. The highest BCUT2D eigenvalue weighted by molar-refractivity contribution is 6.04. The van der Waals surface area contributed by atoms with Crippen molar-refractivity contribution >= 4 is 22.7 Å². The number of H-pyrrole nitrogens is 2. The van der Waals surface area contributed by atoms with Crippen LogP contribution in [0.15, 0.2) is 18.2 Å². The summed E-state index contributed by atoms with van der Waals surface area (Å²) < 4.78 is 6.27. The molecule has 1 aliphatic heterocycles. The van der Waals surface area contributed by atoms with Gasteiger partial charge in [0.1, 0.15) is 23.4 Å². The average molecular weight is 520 g/mol. The summed E-state index contributed by atoms with van der Waals surface area (Å²) in [5, 5.41) is 3.20. The Bertz CT molecular complexity index is 1330. The number of rotatable bonds is 8. The molecular weight excluding hydrogens is 478 g/mol. The van der Waals surface area contributed by atoms with Gasteiger partial charge in [0.05, 0.1) is 17.1 Å². The summed E-state index contributed by atoms with van der Waals surface area (Å²) in [5.41, 5.74) is 4.44. The van der Waals surface area contributed by atoms with Crippen LogP contribution in [0.25, 0.3) is 11.0 Å². The van der Waals surface area contributed by atoms with Gasteiger partial charge in [0.25, 0.3) is 5.91 Å². The summed E-state index contributed by atoms with van der Waals surface area (Å²) in [7, 11) is 2.15. The second kappa shape index (κ2) is 10.6. The summed E-state index contributed by atoms with van der Waals surface area (Å²) in [6.07, 6.45) is 6.28. The number of benzene rings is 1. The van der Waals surface area contributed by atoms with E-state index in [0.717, 1.165) is 85.5 Å². The number of amides is 1. The van der Waals surface area contributed by atoms with Crippen molar-refractivity contribution in [1.29, 1.82) is 0 Å². The first-order chi connectivity index (χ1) is 18.1. The molecule has 8 nitrogen and oxygen atoms in total. The molecule has 1 amide bonds. The van der Waals surface area contributed by atoms with Crippen molar-refractivity contribution in [2.24, 2.45) is 5.41 Å². The van der Waals surface area contributed by atoms with Crippen molar-refractivity contribution < 1.29 is 14.3 Å². The Morgan fingerprint density at radius 3 is 2.74 bits per heavy atom. The van der Waals surface area contributed by atoms with E-state index in [2.05, 4.69) is 48.0 Å². The molecule has 1 fully saturated rings. The predicted octanol–water partition coefficient (Wildman–Crippen LogP) is 5.49. The molecule has 1 unspecified atom stereocenters. The van der Waals surface area contributed by atoms with Crippen LogP contribution in [0.5, 0.6) is 5.75 Å². The highest BCUT2D eigenvalue weighted by Gasteiger charge is 2.35. The standard InChI is InChI=1S/C30H41N5O3/c1-6-7-8-22(34-29(37)27-18(2)26-24(31-27)16-30(3,4)17-25(26)36)28-32-21-10-9-20(15-23(21)33-28)38-19-11-13-35(5)14-12-19/h9-10,15,19,22,31H,6-8,11-14,16-17H2,1-5H3,(H,32,33)(H,34,37). The first-order valence-corrected chi connectivity index (χ1v) is 14.0. The summed E-state index contributed by atoms with van der Waals surface area (Å²) in [5.74, 6) is 1.50. The second-order valence-corrected chi connectivity index (χ2v) is 12.0. The Morgan fingerprint density at radius 2 is 2.00 bits per heavy atom. The lowest BCUT2D eigenvalue weighted by Crippen LogP contribution is -2.35. The van der Waals surface area contributed by atoms with Gasteiger partial charge in [-0.05, 0) is 62.8 Å². The van der Waals surface area contributed by atoms with Gasteiger partial charge in [-0.15, -0.1) is 0 Å². The van der Waals surface area contributed by atoms with Gasteiger partial charge in [0.15, 0.2) is 5.78 Å². The first-order valence-electron chi connectivity index (χ1n) is 14.0. The molecular formula is C30H41N5O3. The maximum atomic E-state index is 13.5. The number of carbonyl (C=O) groups excluding carboxylic acids is 2. The molecule has 2 aromatic heterocycles. The average Bonchev–Trinajstić information content (AvgIpc) is 3.43. The Kier molecular flexibility index (Phi) is 7.36. The largest absolute Gasteiger partial charge is 0.490 e. The Hall–Kier alpha value is -3.13. The number of aromatic amines is 2. The lowest BCUT2D eigenvalue weighted by molar-refractivity contribution is 0.0908. The third-order valence-electron chi connectivity index (χ3n) is 8.05. The van der Waals surface area contributed by atoms with E-state index >= 15 is 0 Å². The van der Waals surface area contributed by atoms with E-state index in [1.165, 1.54) is 0 Å². The smallest absolute Gasteiger partial charge is 0.268 e. The zero-order chi connectivity index (χ0) is 27.0. The number of aromatic nitrogens is 3. The molecule has 1 aliphatic carbocycles. The van der Waals surface area contributed by atoms with Crippen molar-refractivity contribution in [3.8, 4) is 5.75 Å². The number of ether oxygens (including phenoxy) is 1. The monoisotopic (exact) mass is 519 g/mol. The van der Waals surface area contributed by atoms with Crippen LogP contribution in [0.3, 0.4) is 0 Å². The molecule has 0 spiro atoms. The van der Waals surface area contributed by atoms with Gasteiger partial charge in [0, 0.05) is 36.8 Å². The third kappa shape index (κ3) is 5.51. The number of Topliss-reactive ketones (excluding diaryl/α,β-unsaturated/α-hetero) is 1. The molecule has 3 aromatic rings. The van der Waals surface area contributed by atoms with E-state index in [4.69, 9.17) is 9.72 Å². The van der Waals surface area contributed by atoms with Gasteiger partial charge >= 0.3 is 0 Å². The molecule has 5 rings (SSSR count). The van der Waals surface area contributed by atoms with Crippen LogP contribution in [0.2, 0.25) is 0 Å². The van der Waals surface area contributed by atoms with E-state index in [1.807, 2.05) is 25.1 Å². The molecule has 0 bridgehead atoms. The first kappa shape index (κ1) is 26.5. The van der Waals surface area contributed by atoms with Crippen LogP contribution in [-0.2, 0) is 6.42 Å². The van der Waals surface area contributed by atoms with Crippen molar-refractivity contribution in [3.05, 3.63) is 46.5 Å². The maximum Gasteiger partial charge on any atom is 0.268 e. The van der Waals surface area contributed by atoms with E-state index in [-0.39, 0.29) is 29.3 Å². The minimum Gasteiger partial charge on any atom is -0.490 e. The normalized spacial score (nSPS) is 18.9. The van der Waals surface area contributed by atoms with Gasteiger partial charge in [-0.1, -0.05) is 33.6 Å². The van der Waals surface area contributed by atoms with Crippen LogP contribution in [-0.4, -0.2) is 57.8 Å². The van der Waals surface area contributed by atoms with Crippen molar-refractivity contribution in [2.45, 2.75) is 84.8 Å². The third-order valence-corrected chi connectivity index (χ3v) is 8.05. The minimum absolute atomic E-state index is 0.108. The fraction of sp³-hybridized carbons (Fsp3) is 0.567. The molecule has 0 radical (unpaired) electrons. The predicted molar refractivity (Wildman–Crippen MR) is 149 cm³/mol. The number of ketones is 1. The van der Waals surface area contributed by atoms with Gasteiger partial charge in [-0.25, -0.2) is 4.98 Å². The lowest BCUT2D eigenvalue weighted by atomic mass is 9.75. The van der Waals surface area contributed by atoms with E-state index in [0.29, 0.717) is 17.7 Å². The summed E-state index contributed by atoms with van der Waals surface area (Å²) >= 11 is 0. The summed E-state index contributed by atoms with van der Waals surface area (Å²) in [4.78, 5) is 40.2. The number of nitrogens with zero attached hydrogens (tertiary/aromatic N) is 2. The molecule has 3 N–H and O–H groups in total. The van der Waals surface area contributed by atoms with Crippen LogP contribution in [0, 0.1) is 12.3 Å². The molecule has 204 valence electrons. The molecule has 2 aliphatic rings. The van der Waals surface area contributed by atoms with Crippen molar-refractivity contribution in [2.75, 3.05) is 20.1 Å². The zero-order valence-corrected chi connectivity index (χ0v) is 23.4. The van der Waals surface area contributed by atoms with Gasteiger partial charge in [-0.3, -0.25) is 9.59 Å². The Balaban J connectivity index is 1.35. The quantitative estimate of drug-likeness (QED) is 0.365. The van der Waals surface area contributed by atoms with Crippen LogP contribution >= 0.6 is 0 Å². The number of carbonyl (C=O) groups is 2. The lowest BCUT2D eigenvalue weighted by Gasteiger charge is -2.29. The summed E-state index contributed by atoms with van der Waals surface area (Å²) in [6.45, 7) is 10.3. The Morgan fingerprint density at radius 1 is 1.24 bits per heavy atom. The van der Waals surface area contributed by atoms with Crippen molar-refractivity contribution in [1.82, 2.24) is 25.2 Å². The number of nitrogens with one attached hydrogen (secondary N) is 3. The number of likely N-dealkylation sites (tertiary alicyclic amines) is 1. The number of hydrogen-bond donors (Lipinski definition) is 3. The van der Waals surface area contributed by atoms with Crippen LogP contribution < -0.4 is 10.1 Å². The minimum atomic E-state index is -0.264. The SMILES string of the molecule is CCCCC(NC(=O)c1[nH]c2c(c1C)C(=O)CC(C)(C)C2)c1nc2ccc(OC3CCN(C)CC3)cc2[nH]1. The fourth-order valence-corrected chi connectivity index (χ4v) is 5.92. The Labute approximate surface area is 224 Å². The molecule has 38 heavy (non-hydrogen) atoms. The molecule has 1 aromatic carbocycles. The topological polar surface area (TPSA) is 103 Å².